The molecule has 0 amide bonds. The van der Waals surface area contributed by atoms with Crippen LogP contribution in [0.3, 0.4) is 0 Å². The number of nitrogens with zero attached hydrogens (tertiary/aromatic N) is 1. The Balaban J connectivity index is 2.50. The first kappa shape index (κ1) is 20.7. The molecule has 0 aliphatic heterocycles. The van der Waals surface area contributed by atoms with Crippen LogP contribution in [0, 0.1) is 6.92 Å². The van der Waals surface area contributed by atoms with Crippen LogP contribution in [-0.4, -0.2) is 48.7 Å². The summed E-state index contributed by atoms with van der Waals surface area (Å²) in [6.07, 6.45) is 0. The van der Waals surface area contributed by atoms with Crippen molar-refractivity contribution in [2.45, 2.75) is 11.1 Å². The van der Waals surface area contributed by atoms with Crippen molar-refractivity contribution in [1.82, 2.24) is 0 Å². The quantitative estimate of drug-likeness (QED) is 0.727. The van der Waals surface area contributed by atoms with Gasteiger partial charge in [0.2, 0.25) is 0 Å². The molecular formula is C17H20N2O6S2. The van der Waals surface area contributed by atoms with E-state index in [9.17, 15) is 18.0 Å². The smallest absolute Gasteiger partial charge is 0.348 e. The molecule has 1 N–H and O–H groups in total. The molecule has 146 valence electrons. The summed E-state index contributed by atoms with van der Waals surface area (Å²) in [6, 6.07) is 6.70. The molecule has 0 unspecified atom stereocenters. The third-order valence-electron chi connectivity index (χ3n) is 3.75. The van der Waals surface area contributed by atoms with Gasteiger partial charge in [-0.1, -0.05) is 0 Å². The Kier molecular flexibility index (Phi) is 6.11. The topological polar surface area (TPSA) is 102 Å². The number of ether oxygens (including phenoxy) is 2. The fraction of sp³-hybridized carbons (Fsp3) is 0.294. The van der Waals surface area contributed by atoms with Gasteiger partial charge in [0.25, 0.3) is 10.0 Å². The lowest BCUT2D eigenvalue weighted by atomic mass is 10.2. The first-order valence-corrected chi connectivity index (χ1v) is 10.0. The highest BCUT2D eigenvalue weighted by Crippen LogP contribution is 2.34. The van der Waals surface area contributed by atoms with E-state index in [0.717, 1.165) is 12.8 Å². The minimum absolute atomic E-state index is 0.0289. The molecule has 0 aliphatic rings. The molecule has 2 aromatic rings. The zero-order chi connectivity index (χ0) is 20.4. The van der Waals surface area contributed by atoms with Crippen molar-refractivity contribution in [1.29, 1.82) is 0 Å². The van der Waals surface area contributed by atoms with E-state index >= 15 is 0 Å². The lowest BCUT2D eigenvalue weighted by molar-refractivity contribution is 0.0596. The van der Waals surface area contributed by atoms with Crippen LogP contribution in [0.25, 0.3) is 0 Å². The molecule has 0 fully saturated rings. The molecule has 27 heavy (non-hydrogen) atoms. The lowest BCUT2D eigenvalue weighted by Gasteiger charge is -2.13. The third kappa shape index (κ3) is 4.22. The van der Waals surface area contributed by atoms with Crippen LogP contribution in [0.2, 0.25) is 0 Å². The Morgan fingerprint density at radius 1 is 1.04 bits per heavy atom. The number of methoxy groups -OCH3 is 2. The van der Waals surface area contributed by atoms with E-state index in [-0.39, 0.29) is 20.2 Å². The Morgan fingerprint density at radius 3 is 2.07 bits per heavy atom. The first-order chi connectivity index (χ1) is 12.6. The predicted octanol–water partition coefficient (Wildman–Crippen LogP) is 2.50. The van der Waals surface area contributed by atoms with Gasteiger partial charge >= 0.3 is 11.9 Å². The van der Waals surface area contributed by atoms with Crippen LogP contribution in [0.5, 0.6) is 0 Å². The molecule has 0 aliphatic carbocycles. The van der Waals surface area contributed by atoms with Gasteiger partial charge in [-0.25, -0.2) is 18.0 Å². The standard InChI is InChI=1S/C17H20N2O6S2/c1-10-13(15(20)24-4)17(26-14(10)16(21)25-5)27(22,23)18-11-6-8-12(9-7-11)19(2)3/h6-9,18H,1-5H3. The van der Waals surface area contributed by atoms with Gasteiger partial charge in [-0.05, 0) is 36.8 Å². The lowest BCUT2D eigenvalue weighted by Crippen LogP contribution is -2.16. The van der Waals surface area contributed by atoms with E-state index in [1.165, 1.54) is 14.0 Å². The highest BCUT2D eigenvalue weighted by atomic mass is 32.2. The fourth-order valence-corrected chi connectivity index (χ4v) is 5.13. The zero-order valence-corrected chi connectivity index (χ0v) is 17.2. The van der Waals surface area contributed by atoms with Gasteiger partial charge in [0.15, 0.2) is 4.21 Å². The highest BCUT2D eigenvalue weighted by molar-refractivity contribution is 7.94. The Labute approximate surface area is 161 Å². The number of carbonyl (C=O) groups excluding carboxylic acids is 2. The van der Waals surface area contributed by atoms with Crippen LogP contribution < -0.4 is 9.62 Å². The normalized spacial score (nSPS) is 11.0. The Hall–Kier alpha value is -2.59. The van der Waals surface area contributed by atoms with E-state index in [1.54, 1.807) is 24.3 Å². The predicted molar refractivity (Wildman–Crippen MR) is 103 cm³/mol. The molecule has 0 atom stereocenters. The zero-order valence-electron chi connectivity index (χ0n) is 15.5. The van der Waals surface area contributed by atoms with Crippen LogP contribution in [0.15, 0.2) is 28.5 Å². The average Bonchev–Trinajstić information content (AvgIpc) is 2.98. The van der Waals surface area contributed by atoms with E-state index in [1.807, 2.05) is 19.0 Å². The fourth-order valence-electron chi connectivity index (χ4n) is 2.33. The molecule has 1 heterocycles. The van der Waals surface area contributed by atoms with Crippen LogP contribution in [-0.2, 0) is 19.5 Å². The summed E-state index contributed by atoms with van der Waals surface area (Å²) in [5.74, 6) is -1.57. The summed E-state index contributed by atoms with van der Waals surface area (Å²) in [4.78, 5) is 25.9. The minimum Gasteiger partial charge on any atom is -0.465 e. The van der Waals surface area contributed by atoms with Crippen molar-refractivity contribution in [3.8, 4) is 0 Å². The second-order valence-corrected chi connectivity index (χ2v) is 8.65. The molecule has 1 aromatic heterocycles. The van der Waals surface area contributed by atoms with E-state index in [2.05, 4.69) is 14.2 Å². The molecule has 0 spiro atoms. The maximum Gasteiger partial charge on any atom is 0.348 e. The van der Waals surface area contributed by atoms with E-state index < -0.39 is 22.0 Å². The second-order valence-electron chi connectivity index (χ2n) is 5.75. The number of hydrogen-bond acceptors (Lipinski definition) is 8. The number of benzene rings is 1. The number of sulfonamides is 1. The molecule has 8 nitrogen and oxygen atoms in total. The summed E-state index contributed by atoms with van der Waals surface area (Å²) >= 11 is 0.663. The van der Waals surface area contributed by atoms with Crippen molar-refractivity contribution >= 4 is 44.7 Å². The molecule has 0 radical (unpaired) electrons. The van der Waals surface area contributed by atoms with Crippen molar-refractivity contribution in [3.05, 3.63) is 40.3 Å². The summed E-state index contributed by atoms with van der Waals surface area (Å²) in [6.45, 7) is 1.47. The molecule has 1 aromatic carbocycles. The first-order valence-electron chi connectivity index (χ1n) is 7.72. The molecular weight excluding hydrogens is 392 g/mol. The molecule has 2 rings (SSSR count). The monoisotopic (exact) mass is 412 g/mol. The van der Waals surface area contributed by atoms with Gasteiger partial charge in [0, 0.05) is 25.5 Å². The van der Waals surface area contributed by atoms with E-state index in [0.29, 0.717) is 17.0 Å². The largest absolute Gasteiger partial charge is 0.465 e. The van der Waals surface area contributed by atoms with Gasteiger partial charge in [0.05, 0.1) is 19.8 Å². The van der Waals surface area contributed by atoms with Crippen LogP contribution in [0.4, 0.5) is 11.4 Å². The Bertz CT molecular complexity index is 962. The summed E-state index contributed by atoms with van der Waals surface area (Å²) in [7, 11) is 1.92. The molecule has 10 heteroatoms. The van der Waals surface area contributed by atoms with Crippen molar-refractivity contribution in [2.75, 3.05) is 37.9 Å². The van der Waals surface area contributed by atoms with Crippen molar-refractivity contribution < 1.29 is 27.5 Å². The molecule has 0 saturated heterocycles. The number of anilines is 2. The highest BCUT2D eigenvalue weighted by Gasteiger charge is 2.32. The minimum atomic E-state index is -4.13. The number of esters is 2. The number of thiophene rings is 1. The van der Waals surface area contributed by atoms with Crippen molar-refractivity contribution in [2.24, 2.45) is 0 Å². The average molecular weight is 412 g/mol. The number of hydrogen-bond donors (Lipinski definition) is 1. The van der Waals surface area contributed by atoms with Crippen LogP contribution >= 0.6 is 11.3 Å². The van der Waals surface area contributed by atoms with Gasteiger partial charge in [0.1, 0.15) is 4.88 Å². The summed E-state index contributed by atoms with van der Waals surface area (Å²) in [5.41, 5.74) is 1.23. The van der Waals surface area contributed by atoms with Crippen molar-refractivity contribution in [3.63, 3.8) is 0 Å². The van der Waals surface area contributed by atoms with Gasteiger partial charge in [-0.3, -0.25) is 4.72 Å². The van der Waals surface area contributed by atoms with Crippen LogP contribution in [0.1, 0.15) is 25.6 Å². The molecule has 0 saturated carbocycles. The van der Waals surface area contributed by atoms with Gasteiger partial charge in [-0.2, -0.15) is 0 Å². The van der Waals surface area contributed by atoms with Gasteiger partial charge < -0.3 is 14.4 Å². The van der Waals surface area contributed by atoms with E-state index in [4.69, 9.17) is 0 Å². The molecule has 0 bridgehead atoms. The number of rotatable bonds is 6. The third-order valence-corrected chi connectivity index (χ3v) is 6.93. The number of carbonyl (C=O) groups is 2. The summed E-state index contributed by atoms with van der Waals surface area (Å²) in [5, 5.41) is 0. The number of nitrogens with one attached hydrogen (secondary N) is 1. The SMILES string of the molecule is COC(=O)c1sc(S(=O)(=O)Nc2ccc(N(C)C)cc2)c(C(=O)OC)c1C. The summed E-state index contributed by atoms with van der Waals surface area (Å²) < 4.78 is 37.2. The van der Waals surface area contributed by atoms with Gasteiger partial charge in [-0.15, -0.1) is 11.3 Å². The maximum atomic E-state index is 12.9. The Morgan fingerprint density at radius 2 is 1.59 bits per heavy atom. The maximum absolute atomic E-state index is 12.9. The second kappa shape index (κ2) is 7.97.